The Bertz CT molecular complexity index is 425. The van der Waals surface area contributed by atoms with E-state index in [-0.39, 0.29) is 12.5 Å². The number of benzene rings is 1. The van der Waals surface area contributed by atoms with Crippen molar-refractivity contribution in [1.29, 1.82) is 0 Å². The van der Waals surface area contributed by atoms with Gasteiger partial charge < -0.3 is 11.1 Å². The maximum atomic E-state index is 6.14. The van der Waals surface area contributed by atoms with Crippen LogP contribution in [-0.2, 0) is 0 Å². The van der Waals surface area contributed by atoms with Crippen molar-refractivity contribution in [2.75, 3.05) is 12.0 Å². The van der Waals surface area contributed by atoms with Crippen molar-refractivity contribution in [3.8, 4) is 0 Å². The topological polar surface area (TPSA) is 74.1 Å². The van der Waals surface area contributed by atoms with Crippen LogP contribution in [0, 0.1) is 6.92 Å². The van der Waals surface area contributed by atoms with Crippen molar-refractivity contribution in [3.63, 3.8) is 0 Å². The SMILES string of the molecule is Cc1ccc(NC2CC(C)NC(NCN)N2)cc1Cl. The maximum Gasteiger partial charge on any atom is 0.114 e. The number of halogens is 1. The molecular weight excluding hydrogens is 262 g/mol. The average molecular weight is 284 g/mol. The molecule has 1 aromatic carbocycles. The zero-order chi connectivity index (χ0) is 13.8. The molecule has 1 aromatic rings. The molecule has 6 heteroatoms. The summed E-state index contributed by atoms with van der Waals surface area (Å²) in [4.78, 5) is 0. The largest absolute Gasteiger partial charge is 0.370 e. The molecule has 0 radical (unpaired) electrons. The van der Waals surface area contributed by atoms with Gasteiger partial charge in [0.1, 0.15) is 6.29 Å². The van der Waals surface area contributed by atoms with Crippen LogP contribution in [-0.4, -0.2) is 25.2 Å². The highest BCUT2D eigenvalue weighted by Crippen LogP contribution is 2.21. The van der Waals surface area contributed by atoms with Crippen LogP contribution in [0.4, 0.5) is 5.69 Å². The van der Waals surface area contributed by atoms with Gasteiger partial charge in [-0.2, -0.15) is 0 Å². The minimum absolute atomic E-state index is 0.0205. The van der Waals surface area contributed by atoms with Crippen LogP contribution in [0.2, 0.25) is 5.02 Å². The Hall–Kier alpha value is -0.850. The Morgan fingerprint density at radius 2 is 2.21 bits per heavy atom. The van der Waals surface area contributed by atoms with Crippen molar-refractivity contribution in [2.45, 2.75) is 38.8 Å². The third kappa shape index (κ3) is 4.06. The minimum atomic E-state index is 0.0205. The van der Waals surface area contributed by atoms with E-state index in [0.717, 1.165) is 22.7 Å². The molecule has 0 saturated carbocycles. The van der Waals surface area contributed by atoms with Gasteiger partial charge in [0.15, 0.2) is 0 Å². The fourth-order valence-corrected chi connectivity index (χ4v) is 2.42. The number of anilines is 1. The van der Waals surface area contributed by atoms with Crippen LogP contribution < -0.4 is 27.0 Å². The smallest absolute Gasteiger partial charge is 0.114 e. The lowest BCUT2D eigenvalue weighted by Gasteiger charge is -2.37. The molecule has 2 rings (SSSR count). The van der Waals surface area contributed by atoms with Gasteiger partial charge in [0, 0.05) is 23.4 Å². The number of hydrogen-bond acceptors (Lipinski definition) is 5. The van der Waals surface area contributed by atoms with Crippen LogP contribution in [0.1, 0.15) is 18.9 Å². The molecule has 106 valence electrons. The Morgan fingerprint density at radius 3 is 2.89 bits per heavy atom. The highest BCUT2D eigenvalue weighted by Gasteiger charge is 2.24. The number of nitrogens with two attached hydrogens (primary N) is 1. The Morgan fingerprint density at radius 1 is 1.42 bits per heavy atom. The van der Waals surface area contributed by atoms with Gasteiger partial charge in [-0.25, -0.2) is 0 Å². The normalized spacial score (nSPS) is 27.3. The Kier molecular flexibility index (Phi) is 5.01. The number of hydrogen-bond donors (Lipinski definition) is 5. The zero-order valence-electron chi connectivity index (χ0n) is 11.3. The molecule has 19 heavy (non-hydrogen) atoms. The molecule has 1 aliphatic heterocycles. The molecule has 1 fully saturated rings. The molecule has 0 bridgehead atoms. The lowest BCUT2D eigenvalue weighted by molar-refractivity contribution is 0.233. The quantitative estimate of drug-likeness (QED) is 0.536. The average Bonchev–Trinajstić information content (AvgIpc) is 2.33. The molecule has 1 heterocycles. The van der Waals surface area contributed by atoms with Gasteiger partial charge in [-0.3, -0.25) is 16.0 Å². The highest BCUT2D eigenvalue weighted by atomic mass is 35.5. The first-order chi connectivity index (χ1) is 9.08. The van der Waals surface area contributed by atoms with Crippen LogP contribution in [0.25, 0.3) is 0 Å². The van der Waals surface area contributed by atoms with Gasteiger partial charge in [0.2, 0.25) is 0 Å². The molecular formula is C13H22ClN5. The van der Waals surface area contributed by atoms with Crippen molar-refractivity contribution in [2.24, 2.45) is 5.73 Å². The third-order valence-corrected chi connectivity index (χ3v) is 3.65. The van der Waals surface area contributed by atoms with Crippen molar-refractivity contribution in [3.05, 3.63) is 28.8 Å². The molecule has 0 spiro atoms. The van der Waals surface area contributed by atoms with E-state index in [2.05, 4.69) is 28.2 Å². The molecule has 0 aliphatic carbocycles. The van der Waals surface area contributed by atoms with Crippen molar-refractivity contribution in [1.82, 2.24) is 16.0 Å². The van der Waals surface area contributed by atoms with E-state index >= 15 is 0 Å². The summed E-state index contributed by atoms with van der Waals surface area (Å²) in [6.07, 6.45) is 1.18. The number of rotatable bonds is 4. The standard InChI is InChI=1S/C13H22ClN5/c1-8-3-4-10(6-11(8)14)18-12-5-9(2)17-13(19-12)16-7-15/h3-4,6,9,12-13,16-19H,5,7,15H2,1-2H3. The van der Waals surface area contributed by atoms with E-state index in [1.165, 1.54) is 0 Å². The summed E-state index contributed by atoms with van der Waals surface area (Å²) >= 11 is 6.14. The Labute approximate surface area is 119 Å². The van der Waals surface area contributed by atoms with E-state index in [0.29, 0.717) is 12.7 Å². The predicted molar refractivity (Wildman–Crippen MR) is 79.9 cm³/mol. The lowest BCUT2D eigenvalue weighted by atomic mass is 10.1. The van der Waals surface area contributed by atoms with E-state index in [4.69, 9.17) is 17.3 Å². The number of nitrogens with one attached hydrogen (secondary N) is 4. The first kappa shape index (κ1) is 14.6. The second-order valence-corrected chi connectivity index (χ2v) is 5.38. The van der Waals surface area contributed by atoms with E-state index in [1.807, 2.05) is 25.1 Å². The van der Waals surface area contributed by atoms with Gasteiger partial charge in [0.05, 0.1) is 6.17 Å². The molecule has 1 saturated heterocycles. The highest BCUT2D eigenvalue weighted by molar-refractivity contribution is 6.31. The number of aryl methyl sites for hydroxylation is 1. The fourth-order valence-electron chi connectivity index (χ4n) is 2.24. The first-order valence-electron chi connectivity index (χ1n) is 6.56. The third-order valence-electron chi connectivity index (χ3n) is 3.24. The summed E-state index contributed by atoms with van der Waals surface area (Å²) in [5.74, 6) is 0. The van der Waals surface area contributed by atoms with Gasteiger partial charge in [-0.1, -0.05) is 17.7 Å². The summed E-state index contributed by atoms with van der Waals surface area (Å²) in [7, 11) is 0. The molecule has 6 N–H and O–H groups in total. The molecule has 5 nitrogen and oxygen atoms in total. The van der Waals surface area contributed by atoms with Gasteiger partial charge in [-0.15, -0.1) is 0 Å². The van der Waals surface area contributed by atoms with Crippen molar-refractivity contribution < 1.29 is 0 Å². The molecule has 0 aromatic heterocycles. The van der Waals surface area contributed by atoms with Crippen LogP contribution in [0.15, 0.2) is 18.2 Å². The summed E-state index contributed by atoms with van der Waals surface area (Å²) < 4.78 is 0. The van der Waals surface area contributed by atoms with E-state index in [1.54, 1.807) is 0 Å². The second-order valence-electron chi connectivity index (χ2n) is 4.97. The molecule has 3 unspecified atom stereocenters. The fraction of sp³-hybridized carbons (Fsp3) is 0.538. The van der Waals surface area contributed by atoms with E-state index < -0.39 is 0 Å². The predicted octanol–water partition coefficient (Wildman–Crippen LogP) is 1.15. The lowest BCUT2D eigenvalue weighted by Crippen LogP contribution is -2.65. The summed E-state index contributed by atoms with van der Waals surface area (Å²) in [6, 6.07) is 6.42. The maximum absolute atomic E-state index is 6.14. The van der Waals surface area contributed by atoms with Crippen LogP contribution in [0.3, 0.4) is 0 Å². The molecule has 1 aliphatic rings. The van der Waals surface area contributed by atoms with Gasteiger partial charge in [0.25, 0.3) is 0 Å². The second kappa shape index (κ2) is 6.54. The molecule has 0 amide bonds. The summed E-state index contributed by atoms with van der Waals surface area (Å²) in [5, 5.41) is 14.2. The minimum Gasteiger partial charge on any atom is -0.370 e. The monoisotopic (exact) mass is 283 g/mol. The van der Waals surface area contributed by atoms with Gasteiger partial charge >= 0.3 is 0 Å². The van der Waals surface area contributed by atoms with Gasteiger partial charge in [-0.05, 0) is 38.0 Å². The summed E-state index contributed by atoms with van der Waals surface area (Å²) in [5.41, 5.74) is 7.62. The zero-order valence-corrected chi connectivity index (χ0v) is 12.1. The first-order valence-corrected chi connectivity index (χ1v) is 6.94. The van der Waals surface area contributed by atoms with Crippen LogP contribution >= 0.6 is 11.6 Å². The summed E-state index contributed by atoms with van der Waals surface area (Å²) in [6.45, 7) is 4.58. The van der Waals surface area contributed by atoms with E-state index in [9.17, 15) is 0 Å². The van der Waals surface area contributed by atoms with Crippen LogP contribution in [0.5, 0.6) is 0 Å². The van der Waals surface area contributed by atoms with Crippen molar-refractivity contribution >= 4 is 17.3 Å². The Balaban J connectivity index is 1.99. The molecule has 3 atom stereocenters.